The van der Waals surface area contributed by atoms with Gasteiger partial charge in [0, 0.05) is 6.92 Å². The summed E-state index contributed by atoms with van der Waals surface area (Å²) in [6.45, 7) is 3.25. The van der Waals surface area contributed by atoms with Crippen LogP contribution < -0.4 is 4.72 Å². The van der Waals surface area contributed by atoms with Crippen LogP contribution in [0.25, 0.3) is 0 Å². The van der Waals surface area contributed by atoms with E-state index in [4.69, 9.17) is 4.74 Å². The van der Waals surface area contributed by atoms with Crippen molar-refractivity contribution in [3.05, 3.63) is 29.8 Å². The zero-order valence-electron chi connectivity index (χ0n) is 13.3. The molecule has 0 spiro atoms. The molecule has 0 unspecified atom stereocenters. The van der Waals surface area contributed by atoms with Crippen molar-refractivity contribution in [3.63, 3.8) is 0 Å². The molecule has 2 aliphatic carbocycles. The van der Waals surface area contributed by atoms with Crippen LogP contribution in [0, 0.1) is 18.8 Å². The molecule has 0 amide bonds. The summed E-state index contributed by atoms with van der Waals surface area (Å²) < 4.78 is 33.2. The topological polar surface area (TPSA) is 72.5 Å². The molecule has 132 valence electrons. The quantitative estimate of drug-likeness (QED) is 0.530. The number of carbonyl (C=O) groups is 1. The van der Waals surface area contributed by atoms with Gasteiger partial charge in [0.2, 0.25) is 10.0 Å². The lowest BCUT2D eigenvalue weighted by Crippen LogP contribution is -2.47. The average molecular weight is 481 g/mol. The van der Waals surface area contributed by atoms with Crippen molar-refractivity contribution in [3.8, 4) is 0 Å². The number of sulfonamides is 1. The monoisotopic (exact) mass is 479 g/mol. The maximum absolute atomic E-state index is 12.6. The predicted octanol–water partition coefficient (Wildman–Crippen LogP) is 3.10. The molecule has 3 rings (SSSR count). The number of fused-ring (bicyclic) bond motifs is 1. The van der Waals surface area contributed by atoms with Crippen molar-refractivity contribution in [2.45, 2.75) is 47.0 Å². The summed E-state index contributed by atoms with van der Waals surface area (Å²) in [6.07, 6.45) is 0.785. The van der Waals surface area contributed by atoms with Crippen LogP contribution in [0.15, 0.2) is 29.2 Å². The molecule has 8 heteroatoms. The first-order valence-electron chi connectivity index (χ1n) is 7.75. The van der Waals surface area contributed by atoms with E-state index in [1.807, 2.05) is 6.92 Å². The average Bonchev–Trinajstić information content (AvgIpc) is 2.99. The summed E-state index contributed by atoms with van der Waals surface area (Å²) in [7, 11) is -3.66. The Morgan fingerprint density at radius 2 is 1.79 bits per heavy atom. The zero-order valence-corrected chi connectivity index (χ0v) is 17.3. The smallest absolute Gasteiger partial charge is 0.302 e. The van der Waals surface area contributed by atoms with Gasteiger partial charge in [-0.1, -0.05) is 49.6 Å². The summed E-state index contributed by atoms with van der Waals surface area (Å²) in [5.41, 5.74) is 0.994. The predicted molar refractivity (Wildman–Crippen MR) is 97.6 cm³/mol. The van der Waals surface area contributed by atoms with Gasteiger partial charge >= 0.3 is 5.97 Å². The second kappa shape index (κ2) is 6.37. The lowest BCUT2D eigenvalue weighted by atomic mass is 9.93. The first-order chi connectivity index (χ1) is 11.1. The molecule has 2 saturated carbocycles. The van der Waals surface area contributed by atoms with Crippen LogP contribution in [0.2, 0.25) is 0 Å². The van der Waals surface area contributed by atoms with Crippen LogP contribution in [0.4, 0.5) is 0 Å². The number of halogens is 2. The summed E-state index contributed by atoms with van der Waals surface area (Å²) in [6, 6.07) is 6.26. The fraction of sp³-hybridized carbons (Fsp3) is 0.562. The molecule has 1 aromatic rings. The Morgan fingerprint density at radius 3 is 2.38 bits per heavy atom. The fourth-order valence-electron chi connectivity index (χ4n) is 3.40. The van der Waals surface area contributed by atoms with E-state index in [2.05, 4.69) is 36.6 Å². The van der Waals surface area contributed by atoms with Crippen molar-refractivity contribution >= 4 is 47.9 Å². The maximum Gasteiger partial charge on any atom is 0.302 e. The van der Waals surface area contributed by atoms with E-state index < -0.39 is 28.1 Å². The van der Waals surface area contributed by atoms with Gasteiger partial charge in [0.15, 0.2) is 0 Å². The van der Waals surface area contributed by atoms with Crippen LogP contribution in [-0.4, -0.2) is 29.8 Å². The summed E-state index contributed by atoms with van der Waals surface area (Å²) in [5, 5.41) is 0. The van der Waals surface area contributed by atoms with Crippen molar-refractivity contribution < 1.29 is 17.9 Å². The van der Waals surface area contributed by atoms with Gasteiger partial charge in [-0.05, 0) is 43.7 Å². The van der Waals surface area contributed by atoms with Gasteiger partial charge < -0.3 is 4.74 Å². The molecule has 0 aliphatic heterocycles. The molecular weight excluding hydrogens is 462 g/mol. The number of hydrogen-bond donors (Lipinski definition) is 1. The van der Waals surface area contributed by atoms with Crippen molar-refractivity contribution in [1.29, 1.82) is 0 Å². The molecule has 0 saturated heterocycles. The minimum Gasteiger partial charge on any atom is -0.461 e. The Balaban J connectivity index is 1.80. The minimum atomic E-state index is -3.66. The van der Waals surface area contributed by atoms with Gasteiger partial charge in [-0.15, -0.1) is 0 Å². The molecule has 24 heavy (non-hydrogen) atoms. The van der Waals surface area contributed by atoms with Gasteiger partial charge in [-0.25, -0.2) is 13.1 Å². The van der Waals surface area contributed by atoms with E-state index >= 15 is 0 Å². The van der Waals surface area contributed by atoms with Crippen molar-refractivity contribution in [2.75, 3.05) is 0 Å². The molecule has 0 aromatic heterocycles. The van der Waals surface area contributed by atoms with Gasteiger partial charge in [-0.2, -0.15) is 0 Å². The van der Waals surface area contributed by atoms with E-state index in [0.717, 1.165) is 5.56 Å². The van der Waals surface area contributed by atoms with Crippen molar-refractivity contribution in [2.24, 2.45) is 11.8 Å². The molecule has 5 nitrogen and oxygen atoms in total. The van der Waals surface area contributed by atoms with E-state index in [-0.39, 0.29) is 8.13 Å². The lowest BCUT2D eigenvalue weighted by Gasteiger charge is -2.30. The van der Waals surface area contributed by atoms with Crippen LogP contribution in [0.3, 0.4) is 0 Å². The SMILES string of the molecule is CC(=O)O[C@@H]1C[C@@H]2[C@H](C[C@H]1NS(=O)(=O)c1ccc(C)cc1)C2(Br)Br. The van der Waals surface area contributed by atoms with Crippen LogP contribution in [-0.2, 0) is 19.6 Å². The number of esters is 1. The lowest BCUT2D eigenvalue weighted by molar-refractivity contribution is -0.149. The molecule has 1 N–H and O–H groups in total. The maximum atomic E-state index is 12.6. The molecule has 0 heterocycles. The number of carbonyl (C=O) groups excluding carboxylic acids is 1. The number of alkyl halides is 2. The van der Waals surface area contributed by atoms with Gasteiger partial charge in [0.1, 0.15) is 6.10 Å². The van der Waals surface area contributed by atoms with Crippen molar-refractivity contribution in [1.82, 2.24) is 4.72 Å². The minimum absolute atomic E-state index is 0.178. The van der Waals surface area contributed by atoms with E-state index in [1.165, 1.54) is 6.92 Å². The van der Waals surface area contributed by atoms with Gasteiger partial charge in [0.05, 0.1) is 14.2 Å². The molecule has 1 aromatic carbocycles. The number of ether oxygens (including phenoxy) is 1. The molecule has 2 fully saturated rings. The standard InChI is InChI=1S/C16H19Br2NO4S/c1-9-3-5-11(6-4-9)24(21,22)19-14-7-12-13(16(12,17)18)8-15(14)23-10(2)20/h3-6,12-15,19H,7-8H2,1-2H3/t12-,13+,14+,15+/m0/s1. The third-order valence-corrected chi connectivity index (χ3v) is 8.62. The first kappa shape index (κ1) is 18.4. The van der Waals surface area contributed by atoms with Crippen LogP contribution >= 0.6 is 31.9 Å². The van der Waals surface area contributed by atoms with Crippen LogP contribution in [0.5, 0.6) is 0 Å². The summed E-state index contributed by atoms with van der Waals surface area (Å²) in [5.74, 6) is 0.255. The van der Waals surface area contributed by atoms with Gasteiger partial charge in [0.25, 0.3) is 0 Å². The van der Waals surface area contributed by atoms with Crippen LogP contribution in [0.1, 0.15) is 25.3 Å². The Morgan fingerprint density at radius 1 is 1.21 bits per heavy atom. The molecule has 2 aliphatic rings. The molecular formula is C16H19Br2NO4S. The van der Waals surface area contributed by atoms with E-state index in [9.17, 15) is 13.2 Å². The summed E-state index contributed by atoms with van der Waals surface area (Å²) >= 11 is 7.26. The number of hydrogen-bond acceptors (Lipinski definition) is 4. The Labute approximate surface area is 158 Å². The first-order valence-corrected chi connectivity index (χ1v) is 10.8. The second-order valence-electron chi connectivity index (χ2n) is 6.55. The number of rotatable bonds is 4. The Hall–Kier alpha value is -0.440. The van der Waals surface area contributed by atoms with E-state index in [1.54, 1.807) is 24.3 Å². The number of nitrogens with one attached hydrogen (secondary N) is 1. The molecule has 0 radical (unpaired) electrons. The number of aryl methyl sites for hydroxylation is 1. The second-order valence-corrected chi connectivity index (χ2v) is 12.0. The third-order valence-electron chi connectivity index (χ3n) is 4.76. The molecule has 0 bridgehead atoms. The third kappa shape index (κ3) is 3.57. The van der Waals surface area contributed by atoms with E-state index in [0.29, 0.717) is 24.7 Å². The number of benzene rings is 1. The Bertz CT molecular complexity index is 748. The Kier molecular flexibility index (Phi) is 4.87. The highest BCUT2D eigenvalue weighted by molar-refractivity contribution is 9.25. The molecule has 4 atom stereocenters. The van der Waals surface area contributed by atoms with Gasteiger partial charge in [-0.3, -0.25) is 4.79 Å². The fourth-order valence-corrected chi connectivity index (χ4v) is 6.43. The highest BCUT2D eigenvalue weighted by atomic mass is 79.9. The highest BCUT2D eigenvalue weighted by Crippen LogP contribution is 2.67. The highest BCUT2D eigenvalue weighted by Gasteiger charge is 2.65. The largest absolute Gasteiger partial charge is 0.461 e. The normalized spacial score (nSPS) is 31.2. The zero-order chi connectivity index (χ0) is 17.7. The summed E-state index contributed by atoms with van der Waals surface area (Å²) in [4.78, 5) is 11.6.